The summed E-state index contributed by atoms with van der Waals surface area (Å²) in [7, 11) is 0. The minimum Gasteiger partial charge on any atom is -0.489 e. The summed E-state index contributed by atoms with van der Waals surface area (Å²) in [4.78, 5) is 39.4. The molecule has 4 amide bonds. The Bertz CT molecular complexity index is 1550. The molecule has 0 atom stereocenters. The SMILES string of the molecule is O=C1NC(=O)N(c2ccc(OCc3ccccc3Cl)cc2)C(=O)/C1=C\c1cccc(OCc2ccccc2)c1. The second-order valence-corrected chi connectivity index (χ2v) is 9.09. The molecule has 4 aromatic rings. The molecule has 1 saturated heterocycles. The fourth-order valence-corrected chi connectivity index (χ4v) is 4.15. The van der Waals surface area contributed by atoms with Crippen molar-refractivity contribution >= 4 is 41.2 Å². The summed E-state index contributed by atoms with van der Waals surface area (Å²) < 4.78 is 11.6. The molecular weight excluding hydrogens is 516 g/mol. The van der Waals surface area contributed by atoms with Gasteiger partial charge in [-0.15, -0.1) is 0 Å². The lowest BCUT2D eigenvalue weighted by molar-refractivity contribution is -0.122. The van der Waals surface area contributed by atoms with Gasteiger partial charge in [0.2, 0.25) is 0 Å². The number of anilines is 1. The summed E-state index contributed by atoms with van der Waals surface area (Å²) in [6, 6.07) is 29.7. The molecule has 5 rings (SSSR count). The number of urea groups is 1. The van der Waals surface area contributed by atoms with Gasteiger partial charge in [0.25, 0.3) is 11.8 Å². The molecule has 0 aliphatic carbocycles. The van der Waals surface area contributed by atoms with E-state index < -0.39 is 17.8 Å². The zero-order valence-corrected chi connectivity index (χ0v) is 21.4. The first-order valence-electron chi connectivity index (χ1n) is 12.1. The van der Waals surface area contributed by atoms with Crippen molar-refractivity contribution in [3.05, 3.63) is 130 Å². The minimum absolute atomic E-state index is 0.172. The van der Waals surface area contributed by atoms with E-state index in [1.165, 1.54) is 6.08 Å². The van der Waals surface area contributed by atoms with E-state index >= 15 is 0 Å². The Labute approximate surface area is 230 Å². The third-order valence-corrected chi connectivity index (χ3v) is 6.33. The van der Waals surface area contributed by atoms with Crippen LogP contribution in [-0.4, -0.2) is 17.8 Å². The van der Waals surface area contributed by atoms with Crippen molar-refractivity contribution in [1.29, 1.82) is 0 Å². The van der Waals surface area contributed by atoms with Gasteiger partial charge >= 0.3 is 6.03 Å². The zero-order valence-electron chi connectivity index (χ0n) is 20.7. The van der Waals surface area contributed by atoms with Crippen molar-refractivity contribution in [2.24, 2.45) is 0 Å². The first kappa shape index (κ1) is 25.8. The minimum atomic E-state index is -0.827. The van der Waals surface area contributed by atoms with E-state index in [1.807, 2.05) is 48.5 Å². The van der Waals surface area contributed by atoms with Crippen LogP contribution in [0.4, 0.5) is 10.5 Å². The highest BCUT2D eigenvalue weighted by atomic mass is 35.5. The Balaban J connectivity index is 1.30. The van der Waals surface area contributed by atoms with Crippen molar-refractivity contribution in [1.82, 2.24) is 5.32 Å². The fourth-order valence-electron chi connectivity index (χ4n) is 3.96. The number of nitrogens with one attached hydrogen (secondary N) is 1. The van der Waals surface area contributed by atoms with E-state index in [4.69, 9.17) is 21.1 Å². The van der Waals surface area contributed by atoms with Crippen LogP contribution in [0.1, 0.15) is 16.7 Å². The first-order chi connectivity index (χ1) is 19.0. The standard InChI is InChI=1S/C31H23ClN2O5/c32-28-12-5-4-10-23(28)20-39-25-15-13-24(14-16-25)34-30(36)27(29(35)33-31(34)37)18-22-9-6-11-26(17-22)38-19-21-7-2-1-3-8-21/h1-18H,19-20H2,(H,33,35,37)/b27-18-. The van der Waals surface area contributed by atoms with E-state index in [9.17, 15) is 14.4 Å². The van der Waals surface area contributed by atoms with Crippen LogP contribution in [0.15, 0.2) is 109 Å². The van der Waals surface area contributed by atoms with Crippen LogP contribution < -0.4 is 19.7 Å². The number of hydrogen-bond acceptors (Lipinski definition) is 5. The lowest BCUT2D eigenvalue weighted by Crippen LogP contribution is -2.54. The molecule has 1 aliphatic rings. The molecular formula is C31H23ClN2O5. The number of carbonyl (C=O) groups excluding carboxylic acids is 3. The molecule has 1 fully saturated rings. The van der Waals surface area contributed by atoms with Gasteiger partial charge in [-0.05, 0) is 59.7 Å². The van der Waals surface area contributed by atoms with Gasteiger partial charge in [0, 0.05) is 10.6 Å². The summed E-state index contributed by atoms with van der Waals surface area (Å²) in [5.74, 6) is -0.388. The summed E-state index contributed by atoms with van der Waals surface area (Å²) >= 11 is 6.17. The smallest absolute Gasteiger partial charge is 0.335 e. The molecule has 39 heavy (non-hydrogen) atoms. The third kappa shape index (κ3) is 6.17. The zero-order chi connectivity index (χ0) is 27.2. The monoisotopic (exact) mass is 538 g/mol. The van der Waals surface area contributed by atoms with Crippen LogP contribution in [0.25, 0.3) is 6.08 Å². The van der Waals surface area contributed by atoms with Crippen LogP contribution >= 0.6 is 11.6 Å². The molecule has 4 aromatic carbocycles. The highest BCUT2D eigenvalue weighted by Gasteiger charge is 2.36. The maximum atomic E-state index is 13.3. The molecule has 1 heterocycles. The number of barbiturate groups is 1. The lowest BCUT2D eigenvalue weighted by atomic mass is 10.1. The molecule has 0 unspecified atom stereocenters. The number of nitrogens with zero attached hydrogens (tertiary/aromatic N) is 1. The van der Waals surface area contributed by atoms with Crippen molar-refractivity contribution in [2.75, 3.05) is 4.90 Å². The number of imide groups is 2. The van der Waals surface area contributed by atoms with Gasteiger partial charge in [-0.3, -0.25) is 14.9 Å². The van der Waals surface area contributed by atoms with E-state index in [1.54, 1.807) is 54.6 Å². The van der Waals surface area contributed by atoms with Gasteiger partial charge < -0.3 is 9.47 Å². The molecule has 1 N–H and O–H groups in total. The molecule has 194 valence electrons. The Morgan fingerprint density at radius 2 is 1.46 bits per heavy atom. The normalized spacial score (nSPS) is 14.3. The lowest BCUT2D eigenvalue weighted by Gasteiger charge is -2.26. The summed E-state index contributed by atoms with van der Waals surface area (Å²) in [5.41, 5.74) is 2.54. The molecule has 1 aliphatic heterocycles. The Kier molecular flexibility index (Phi) is 7.70. The summed E-state index contributed by atoms with van der Waals surface area (Å²) in [5, 5.41) is 2.84. The van der Waals surface area contributed by atoms with Gasteiger partial charge in [0.1, 0.15) is 30.3 Å². The van der Waals surface area contributed by atoms with Crippen molar-refractivity contribution < 1.29 is 23.9 Å². The van der Waals surface area contributed by atoms with Gasteiger partial charge in [-0.2, -0.15) is 0 Å². The van der Waals surface area contributed by atoms with E-state index in [0.29, 0.717) is 34.4 Å². The van der Waals surface area contributed by atoms with Gasteiger partial charge in [-0.25, -0.2) is 9.69 Å². The number of ether oxygens (including phenoxy) is 2. The van der Waals surface area contributed by atoms with E-state index in [2.05, 4.69) is 5.32 Å². The number of benzene rings is 4. The third-order valence-electron chi connectivity index (χ3n) is 5.97. The van der Waals surface area contributed by atoms with Crippen molar-refractivity contribution in [3.8, 4) is 11.5 Å². The molecule has 0 saturated carbocycles. The summed E-state index contributed by atoms with van der Waals surface area (Å²) in [6.07, 6.45) is 1.44. The average molecular weight is 539 g/mol. The Morgan fingerprint density at radius 3 is 2.23 bits per heavy atom. The Hall–Kier alpha value is -4.88. The predicted molar refractivity (Wildman–Crippen MR) is 148 cm³/mol. The van der Waals surface area contributed by atoms with Gasteiger partial charge in [0.05, 0.1) is 5.69 Å². The maximum Gasteiger partial charge on any atom is 0.335 e. The number of halogens is 1. The van der Waals surface area contributed by atoms with Gasteiger partial charge in [-0.1, -0.05) is 72.3 Å². The first-order valence-corrected chi connectivity index (χ1v) is 12.5. The molecule has 8 heteroatoms. The van der Waals surface area contributed by atoms with Gasteiger partial charge in [0.15, 0.2) is 0 Å². The van der Waals surface area contributed by atoms with Crippen LogP contribution in [0, 0.1) is 0 Å². The van der Waals surface area contributed by atoms with Crippen molar-refractivity contribution in [3.63, 3.8) is 0 Å². The Morgan fingerprint density at radius 1 is 0.744 bits per heavy atom. The summed E-state index contributed by atoms with van der Waals surface area (Å²) in [6.45, 7) is 0.637. The molecule has 0 spiro atoms. The maximum absolute atomic E-state index is 13.3. The van der Waals surface area contributed by atoms with Crippen LogP contribution in [-0.2, 0) is 22.8 Å². The van der Waals surface area contributed by atoms with E-state index in [-0.39, 0.29) is 12.2 Å². The number of amides is 4. The average Bonchev–Trinajstić information content (AvgIpc) is 2.95. The highest BCUT2D eigenvalue weighted by Crippen LogP contribution is 2.26. The molecule has 7 nitrogen and oxygen atoms in total. The molecule has 0 radical (unpaired) electrons. The number of hydrogen-bond donors (Lipinski definition) is 1. The number of carbonyl (C=O) groups is 3. The fraction of sp³-hybridized carbons (Fsp3) is 0.0645. The van der Waals surface area contributed by atoms with Crippen molar-refractivity contribution in [2.45, 2.75) is 13.2 Å². The van der Waals surface area contributed by atoms with Crippen LogP contribution in [0.2, 0.25) is 5.02 Å². The quantitative estimate of drug-likeness (QED) is 0.214. The second kappa shape index (κ2) is 11.7. The van der Waals surface area contributed by atoms with Crippen LogP contribution in [0.5, 0.6) is 11.5 Å². The number of rotatable bonds is 8. The van der Waals surface area contributed by atoms with E-state index in [0.717, 1.165) is 16.0 Å². The topological polar surface area (TPSA) is 84.9 Å². The largest absolute Gasteiger partial charge is 0.489 e. The highest BCUT2D eigenvalue weighted by molar-refractivity contribution is 6.39. The molecule has 0 bridgehead atoms. The molecule has 0 aromatic heterocycles. The predicted octanol–water partition coefficient (Wildman–Crippen LogP) is 6.16. The van der Waals surface area contributed by atoms with Crippen LogP contribution in [0.3, 0.4) is 0 Å². The second-order valence-electron chi connectivity index (χ2n) is 8.68.